The second-order valence-corrected chi connectivity index (χ2v) is 4.91. The molecule has 0 saturated carbocycles. The van der Waals surface area contributed by atoms with Crippen molar-refractivity contribution in [1.29, 1.82) is 0 Å². The monoisotopic (exact) mass is 214 g/mol. The summed E-state index contributed by atoms with van der Waals surface area (Å²) in [4.78, 5) is 2.49. The molecule has 1 aliphatic rings. The number of hydrogen-bond acceptors (Lipinski definition) is 3. The summed E-state index contributed by atoms with van der Waals surface area (Å²) >= 11 is 0. The van der Waals surface area contributed by atoms with Crippen molar-refractivity contribution in [3.8, 4) is 0 Å². The SMILES string of the molecule is CCN1CCC(N[C@H](CO)C(C)C)CC1. The highest BCUT2D eigenvalue weighted by Crippen LogP contribution is 2.12. The minimum atomic E-state index is 0.256. The van der Waals surface area contributed by atoms with Crippen LogP contribution >= 0.6 is 0 Å². The number of likely N-dealkylation sites (tertiary alicyclic amines) is 1. The number of rotatable bonds is 5. The molecule has 0 aromatic rings. The Hall–Kier alpha value is -0.120. The summed E-state index contributed by atoms with van der Waals surface area (Å²) in [6, 6.07) is 0.871. The third-order valence-corrected chi connectivity index (χ3v) is 3.49. The molecule has 0 aromatic carbocycles. The number of nitrogens with zero attached hydrogens (tertiary/aromatic N) is 1. The molecule has 1 aliphatic heterocycles. The molecule has 3 heteroatoms. The van der Waals surface area contributed by atoms with Crippen molar-refractivity contribution in [3.05, 3.63) is 0 Å². The van der Waals surface area contributed by atoms with E-state index in [-0.39, 0.29) is 12.6 Å². The van der Waals surface area contributed by atoms with Gasteiger partial charge in [-0.1, -0.05) is 20.8 Å². The number of nitrogens with one attached hydrogen (secondary N) is 1. The molecule has 1 saturated heterocycles. The third kappa shape index (κ3) is 4.09. The first-order valence-corrected chi connectivity index (χ1v) is 6.26. The van der Waals surface area contributed by atoms with E-state index in [1.165, 1.54) is 32.5 Å². The van der Waals surface area contributed by atoms with Crippen molar-refractivity contribution in [3.63, 3.8) is 0 Å². The van der Waals surface area contributed by atoms with Gasteiger partial charge >= 0.3 is 0 Å². The van der Waals surface area contributed by atoms with Crippen molar-refractivity contribution in [1.82, 2.24) is 10.2 Å². The molecule has 0 amide bonds. The molecule has 2 N–H and O–H groups in total. The molecule has 0 bridgehead atoms. The van der Waals surface area contributed by atoms with E-state index in [2.05, 4.69) is 31.0 Å². The van der Waals surface area contributed by atoms with E-state index in [1.807, 2.05) is 0 Å². The maximum absolute atomic E-state index is 9.25. The summed E-state index contributed by atoms with van der Waals surface area (Å²) in [5, 5.41) is 12.8. The molecule has 0 unspecified atom stereocenters. The highest BCUT2D eigenvalue weighted by Gasteiger charge is 2.21. The molecule has 1 rings (SSSR count). The number of aliphatic hydroxyl groups is 1. The standard InChI is InChI=1S/C12H26N2O/c1-4-14-7-5-11(6-8-14)13-12(9-15)10(2)3/h10-13,15H,4-9H2,1-3H3/t12-/m1/s1. The van der Waals surface area contributed by atoms with Crippen LogP contribution in [0.4, 0.5) is 0 Å². The zero-order valence-corrected chi connectivity index (χ0v) is 10.4. The van der Waals surface area contributed by atoms with Crippen LogP contribution in [0.5, 0.6) is 0 Å². The Morgan fingerprint density at radius 3 is 2.33 bits per heavy atom. The van der Waals surface area contributed by atoms with Gasteiger partial charge in [-0.2, -0.15) is 0 Å². The number of hydrogen-bond donors (Lipinski definition) is 2. The lowest BCUT2D eigenvalue weighted by Gasteiger charge is -2.34. The van der Waals surface area contributed by atoms with E-state index >= 15 is 0 Å². The highest BCUT2D eigenvalue weighted by atomic mass is 16.3. The molecular formula is C12H26N2O. The maximum Gasteiger partial charge on any atom is 0.0587 e. The molecule has 90 valence electrons. The van der Waals surface area contributed by atoms with Crippen LogP contribution in [-0.4, -0.2) is 48.3 Å². The van der Waals surface area contributed by atoms with Crippen molar-refractivity contribution < 1.29 is 5.11 Å². The Kier molecular flexibility index (Phi) is 5.58. The van der Waals surface area contributed by atoms with E-state index in [0.29, 0.717) is 12.0 Å². The van der Waals surface area contributed by atoms with E-state index in [9.17, 15) is 5.11 Å². The van der Waals surface area contributed by atoms with Crippen LogP contribution in [0, 0.1) is 5.92 Å². The fraction of sp³-hybridized carbons (Fsp3) is 1.00. The summed E-state index contributed by atoms with van der Waals surface area (Å²) in [7, 11) is 0. The van der Waals surface area contributed by atoms with Crippen molar-refractivity contribution >= 4 is 0 Å². The lowest BCUT2D eigenvalue weighted by molar-refractivity contribution is 0.159. The average Bonchev–Trinajstić information content (AvgIpc) is 2.26. The first-order chi connectivity index (χ1) is 7.17. The van der Waals surface area contributed by atoms with Gasteiger partial charge in [-0.25, -0.2) is 0 Å². The summed E-state index contributed by atoms with van der Waals surface area (Å²) < 4.78 is 0. The van der Waals surface area contributed by atoms with Crippen LogP contribution in [0.15, 0.2) is 0 Å². The van der Waals surface area contributed by atoms with Gasteiger partial charge in [0.05, 0.1) is 6.61 Å². The zero-order valence-electron chi connectivity index (χ0n) is 10.4. The molecule has 1 atom stereocenters. The van der Waals surface area contributed by atoms with Crippen molar-refractivity contribution in [2.75, 3.05) is 26.2 Å². The molecule has 0 spiro atoms. The van der Waals surface area contributed by atoms with E-state index in [0.717, 1.165) is 0 Å². The van der Waals surface area contributed by atoms with Gasteiger partial charge in [-0.05, 0) is 38.4 Å². The minimum Gasteiger partial charge on any atom is -0.395 e. The maximum atomic E-state index is 9.25. The van der Waals surface area contributed by atoms with Gasteiger partial charge in [0.2, 0.25) is 0 Å². The number of piperidine rings is 1. The summed E-state index contributed by atoms with van der Waals surface area (Å²) in [6.45, 7) is 10.4. The predicted molar refractivity (Wildman–Crippen MR) is 64.0 cm³/mol. The van der Waals surface area contributed by atoms with E-state index in [4.69, 9.17) is 0 Å². The van der Waals surface area contributed by atoms with Crippen molar-refractivity contribution in [2.45, 2.75) is 45.7 Å². The quantitative estimate of drug-likeness (QED) is 0.719. The largest absolute Gasteiger partial charge is 0.395 e. The van der Waals surface area contributed by atoms with Crippen LogP contribution in [0.1, 0.15) is 33.6 Å². The Morgan fingerprint density at radius 1 is 1.33 bits per heavy atom. The van der Waals surface area contributed by atoms with Gasteiger partial charge in [0.15, 0.2) is 0 Å². The fourth-order valence-electron chi connectivity index (χ4n) is 2.17. The van der Waals surface area contributed by atoms with Crippen LogP contribution in [0.3, 0.4) is 0 Å². The van der Waals surface area contributed by atoms with Gasteiger partial charge in [0.1, 0.15) is 0 Å². The molecule has 15 heavy (non-hydrogen) atoms. The molecular weight excluding hydrogens is 188 g/mol. The smallest absolute Gasteiger partial charge is 0.0587 e. The van der Waals surface area contributed by atoms with Crippen LogP contribution in [-0.2, 0) is 0 Å². The molecule has 0 aliphatic carbocycles. The normalized spacial score (nSPS) is 22.2. The number of aliphatic hydroxyl groups excluding tert-OH is 1. The highest BCUT2D eigenvalue weighted by molar-refractivity contribution is 4.81. The van der Waals surface area contributed by atoms with Gasteiger partial charge < -0.3 is 15.3 Å². The summed E-state index contributed by atoms with van der Waals surface area (Å²) in [5.41, 5.74) is 0. The minimum absolute atomic E-state index is 0.256. The first kappa shape index (κ1) is 12.9. The van der Waals surface area contributed by atoms with E-state index < -0.39 is 0 Å². The third-order valence-electron chi connectivity index (χ3n) is 3.49. The Balaban J connectivity index is 2.28. The molecule has 1 heterocycles. The second kappa shape index (κ2) is 6.46. The summed E-state index contributed by atoms with van der Waals surface area (Å²) in [6.07, 6.45) is 2.44. The Labute approximate surface area is 93.9 Å². The Morgan fingerprint density at radius 2 is 1.93 bits per heavy atom. The van der Waals surface area contributed by atoms with Gasteiger partial charge in [-0.15, -0.1) is 0 Å². The lowest BCUT2D eigenvalue weighted by Crippen LogP contribution is -2.48. The Bertz CT molecular complexity index is 165. The molecule has 3 nitrogen and oxygen atoms in total. The molecule has 0 aromatic heterocycles. The predicted octanol–water partition coefficient (Wildman–Crippen LogP) is 1.08. The average molecular weight is 214 g/mol. The molecule has 1 fully saturated rings. The van der Waals surface area contributed by atoms with Gasteiger partial charge in [0.25, 0.3) is 0 Å². The first-order valence-electron chi connectivity index (χ1n) is 6.26. The second-order valence-electron chi connectivity index (χ2n) is 4.91. The fourth-order valence-corrected chi connectivity index (χ4v) is 2.17. The van der Waals surface area contributed by atoms with E-state index in [1.54, 1.807) is 0 Å². The molecule has 0 radical (unpaired) electrons. The van der Waals surface area contributed by atoms with Crippen molar-refractivity contribution in [2.24, 2.45) is 5.92 Å². The van der Waals surface area contributed by atoms with Crippen LogP contribution < -0.4 is 5.32 Å². The lowest BCUT2D eigenvalue weighted by atomic mass is 9.99. The topological polar surface area (TPSA) is 35.5 Å². The van der Waals surface area contributed by atoms with Crippen LogP contribution in [0.2, 0.25) is 0 Å². The van der Waals surface area contributed by atoms with Crippen LogP contribution in [0.25, 0.3) is 0 Å². The zero-order chi connectivity index (χ0) is 11.3. The summed E-state index contributed by atoms with van der Waals surface area (Å²) in [5.74, 6) is 0.513. The van der Waals surface area contributed by atoms with Gasteiger partial charge in [-0.3, -0.25) is 0 Å². The van der Waals surface area contributed by atoms with Gasteiger partial charge in [0, 0.05) is 12.1 Å².